The van der Waals surface area contributed by atoms with Crippen LogP contribution in [0, 0.1) is 0 Å². The topological polar surface area (TPSA) is 69.4 Å². The molecule has 6 heteroatoms. The molecule has 0 saturated carbocycles. The summed E-state index contributed by atoms with van der Waals surface area (Å²) >= 11 is 0. The van der Waals surface area contributed by atoms with Gasteiger partial charge in [-0.1, -0.05) is 59.7 Å². The molecule has 0 aliphatic heterocycles. The first kappa shape index (κ1) is 24.1. The normalized spacial score (nSPS) is 14.6. The zero-order valence-corrected chi connectivity index (χ0v) is 19.5. The predicted molar refractivity (Wildman–Crippen MR) is 117 cm³/mol. The quantitative estimate of drug-likeness (QED) is 0.503. The summed E-state index contributed by atoms with van der Waals surface area (Å²) in [5, 5.41) is 1.31. The lowest BCUT2D eigenvalue weighted by molar-refractivity contribution is 0.205. The Labute approximate surface area is 167 Å². The van der Waals surface area contributed by atoms with Crippen molar-refractivity contribution in [3.8, 4) is 0 Å². The molecule has 27 heavy (non-hydrogen) atoms. The van der Waals surface area contributed by atoms with Gasteiger partial charge in [0.05, 0.1) is 11.0 Å². The van der Waals surface area contributed by atoms with Crippen molar-refractivity contribution in [1.29, 1.82) is 0 Å². The van der Waals surface area contributed by atoms with Crippen molar-refractivity contribution < 1.29 is 12.8 Å². The summed E-state index contributed by atoms with van der Waals surface area (Å²) < 4.78 is 32.0. The number of nitrogens with two attached hydrogens (primary N) is 1. The molecule has 154 valence electrons. The first-order valence-electron chi connectivity index (χ1n) is 9.94. The Balaban J connectivity index is 3.18. The molecule has 1 aromatic carbocycles. The van der Waals surface area contributed by atoms with E-state index in [1.165, 1.54) is 5.41 Å². The van der Waals surface area contributed by atoms with Gasteiger partial charge in [-0.15, -0.1) is 0 Å². The van der Waals surface area contributed by atoms with Gasteiger partial charge in [-0.2, -0.15) is 0 Å². The monoisotopic (exact) mass is 411 g/mol. The summed E-state index contributed by atoms with van der Waals surface area (Å²) in [6.07, 6.45) is 3.04. The van der Waals surface area contributed by atoms with Gasteiger partial charge in [0.2, 0.25) is 8.32 Å². The molecule has 0 unspecified atom stereocenters. The highest BCUT2D eigenvalue weighted by molar-refractivity contribution is 7.94. The first-order chi connectivity index (χ1) is 12.6. The van der Waals surface area contributed by atoms with E-state index in [1.807, 2.05) is 6.07 Å². The second kappa shape index (κ2) is 10.6. The first-order valence-corrected chi connectivity index (χ1v) is 13.6. The van der Waals surface area contributed by atoms with Gasteiger partial charge in [0.25, 0.3) is 0 Å². The molecular weight excluding hydrogens is 374 g/mol. The fraction of sp³-hybridized carbons (Fsp3) is 0.619. The molecule has 0 radical (unpaired) electrons. The van der Waals surface area contributed by atoms with Gasteiger partial charge in [0.15, 0.2) is 9.84 Å². The van der Waals surface area contributed by atoms with Crippen LogP contribution in [0.2, 0.25) is 16.6 Å². The summed E-state index contributed by atoms with van der Waals surface area (Å²) in [5.74, 6) is 0. The molecule has 0 bridgehead atoms. The number of sulfone groups is 1. The van der Waals surface area contributed by atoms with E-state index in [9.17, 15) is 8.42 Å². The highest BCUT2D eigenvalue weighted by Gasteiger charge is 2.46. The Morgan fingerprint density at radius 1 is 1.00 bits per heavy atom. The Hall–Kier alpha value is -0.953. The second-order valence-corrected chi connectivity index (χ2v) is 15.3. The Morgan fingerprint density at radius 2 is 1.52 bits per heavy atom. The van der Waals surface area contributed by atoms with E-state index >= 15 is 0 Å². The molecular formula is C21H37NO3SSi. The zero-order valence-electron chi connectivity index (χ0n) is 17.7. The highest BCUT2D eigenvalue weighted by atomic mass is 32.2. The summed E-state index contributed by atoms with van der Waals surface area (Å²) in [4.78, 5) is 0.305. The largest absolute Gasteiger partial charge is 0.410 e. The van der Waals surface area contributed by atoms with Gasteiger partial charge in [-0.3, -0.25) is 0 Å². The van der Waals surface area contributed by atoms with Gasteiger partial charge >= 0.3 is 0 Å². The summed E-state index contributed by atoms with van der Waals surface area (Å²) in [6.45, 7) is 14.0. The third kappa shape index (κ3) is 6.27. The third-order valence-corrected chi connectivity index (χ3v) is 12.9. The van der Waals surface area contributed by atoms with Gasteiger partial charge in [0, 0.05) is 5.41 Å². The lowest BCUT2D eigenvalue weighted by Gasteiger charge is -2.44. The number of hydrogen-bond acceptors (Lipinski definition) is 4. The fourth-order valence-corrected chi connectivity index (χ4v) is 10.7. The SMILES string of the molecule is CC(C)[Si](O[C@@H](/C=C/S(=O)(=O)c1ccccc1)CCCN)(C(C)C)C(C)C. The number of benzene rings is 1. The maximum atomic E-state index is 12.6. The minimum absolute atomic E-state index is 0.231. The van der Waals surface area contributed by atoms with Crippen molar-refractivity contribution in [2.45, 2.75) is 82.0 Å². The molecule has 1 aromatic rings. The zero-order chi connectivity index (χ0) is 20.7. The minimum Gasteiger partial charge on any atom is -0.410 e. The summed E-state index contributed by atoms with van der Waals surface area (Å²) in [6, 6.07) is 8.51. The van der Waals surface area contributed by atoms with Crippen LogP contribution >= 0.6 is 0 Å². The van der Waals surface area contributed by atoms with Crippen molar-refractivity contribution in [1.82, 2.24) is 0 Å². The van der Waals surface area contributed by atoms with E-state index in [0.717, 1.165) is 12.8 Å². The van der Waals surface area contributed by atoms with Gasteiger partial charge in [0.1, 0.15) is 0 Å². The van der Waals surface area contributed by atoms with Crippen molar-refractivity contribution in [2.24, 2.45) is 5.73 Å². The molecule has 0 fully saturated rings. The van der Waals surface area contributed by atoms with Gasteiger partial charge in [-0.25, -0.2) is 8.42 Å². The molecule has 0 amide bonds. The molecule has 0 heterocycles. The van der Waals surface area contributed by atoms with Crippen LogP contribution in [0.1, 0.15) is 54.4 Å². The average molecular weight is 412 g/mol. The molecule has 0 aliphatic carbocycles. The van der Waals surface area contributed by atoms with E-state index in [2.05, 4.69) is 41.5 Å². The fourth-order valence-electron chi connectivity index (χ4n) is 4.06. The van der Waals surface area contributed by atoms with E-state index in [0.29, 0.717) is 28.1 Å². The van der Waals surface area contributed by atoms with Gasteiger partial charge in [-0.05, 0) is 54.2 Å². The summed E-state index contributed by atoms with van der Waals surface area (Å²) in [5.41, 5.74) is 7.03. The lowest BCUT2D eigenvalue weighted by atomic mass is 10.2. The molecule has 0 saturated heterocycles. The molecule has 0 spiro atoms. The van der Waals surface area contributed by atoms with Crippen molar-refractivity contribution >= 4 is 18.2 Å². The van der Waals surface area contributed by atoms with Crippen molar-refractivity contribution in [3.05, 3.63) is 41.8 Å². The van der Waals surface area contributed by atoms with Crippen molar-refractivity contribution in [3.63, 3.8) is 0 Å². The molecule has 1 atom stereocenters. The summed E-state index contributed by atoms with van der Waals surface area (Å²) in [7, 11) is -5.58. The number of hydrogen-bond donors (Lipinski definition) is 1. The number of rotatable bonds is 11. The van der Waals surface area contributed by atoms with Crippen LogP contribution in [0.4, 0.5) is 0 Å². The Bertz CT molecular complexity index is 663. The maximum absolute atomic E-state index is 12.6. The Kier molecular flexibility index (Phi) is 9.41. The molecule has 2 N–H and O–H groups in total. The van der Waals surface area contributed by atoms with Crippen LogP contribution in [0.15, 0.2) is 46.7 Å². The van der Waals surface area contributed by atoms with Crippen LogP contribution in [-0.2, 0) is 14.3 Å². The van der Waals surface area contributed by atoms with E-state index in [-0.39, 0.29) is 6.10 Å². The standard InChI is InChI=1S/C21H37NO3SSi/c1-17(2)27(18(3)4,19(5)6)25-20(11-10-15-22)14-16-26(23,24)21-12-8-7-9-13-21/h7-9,12-14,16-20H,10-11,15,22H2,1-6H3/b16-14+/t20-/m1/s1. The predicted octanol–water partition coefficient (Wildman–Crippen LogP) is 5.27. The van der Waals surface area contributed by atoms with Crippen LogP contribution in [-0.4, -0.2) is 29.4 Å². The third-order valence-electron chi connectivity index (χ3n) is 5.30. The van der Waals surface area contributed by atoms with Crippen molar-refractivity contribution in [2.75, 3.05) is 6.54 Å². The van der Waals surface area contributed by atoms with E-state index in [4.69, 9.17) is 10.2 Å². The van der Waals surface area contributed by atoms with Gasteiger partial charge < -0.3 is 10.2 Å². The molecule has 0 aliphatic rings. The average Bonchev–Trinajstić information content (AvgIpc) is 2.61. The van der Waals surface area contributed by atoms with Crippen LogP contribution < -0.4 is 5.73 Å². The maximum Gasteiger partial charge on any atom is 0.201 e. The van der Waals surface area contributed by atoms with Crippen LogP contribution in [0.3, 0.4) is 0 Å². The second-order valence-electron chi connectivity index (χ2n) is 8.09. The van der Waals surface area contributed by atoms with E-state index in [1.54, 1.807) is 30.3 Å². The Morgan fingerprint density at radius 3 is 1.96 bits per heavy atom. The minimum atomic E-state index is -3.47. The molecule has 0 aromatic heterocycles. The smallest absolute Gasteiger partial charge is 0.201 e. The molecule has 4 nitrogen and oxygen atoms in total. The lowest BCUT2D eigenvalue weighted by Crippen LogP contribution is -2.50. The van der Waals surface area contributed by atoms with Crippen LogP contribution in [0.5, 0.6) is 0 Å². The van der Waals surface area contributed by atoms with Crippen LogP contribution in [0.25, 0.3) is 0 Å². The van der Waals surface area contributed by atoms with E-state index < -0.39 is 18.2 Å². The highest BCUT2D eigenvalue weighted by Crippen LogP contribution is 2.43. The molecule has 1 rings (SSSR count).